The van der Waals surface area contributed by atoms with Gasteiger partial charge < -0.3 is 9.74 Å². The van der Waals surface area contributed by atoms with E-state index in [0.29, 0.717) is 18.2 Å². The van der Waals surface area contributed by atoms with Crippen molar-refractivity contribution < 1.29 is 4.84 Å². The van der Waals surface area contributed by atoms with Crippen molar-refractivity contribution in [3.63, 3.8) is 0 Å². The van der Waals surface area contributed by atoms with Crippen molar-refractivity contribution in [1.29, 1.82) is 5.26 Å². The Bertz CT molecular complexity index is 1400. The van der Waals surface area contributed by atoms with Crippen LogP contribution in [0.25, 0.3) is 16.7 Å². The molecule has 170 valence electrons. The fraction of sp³-hybridized carbons (Fsp3) is 0.360. The number of pyridine rings is 3. The summed E-state index contributed by atoms with van der Waals surface area (Å²) in [5.74, 6) is 0.915. The Hall–Kier alpha value is -4.06. The molecule has 0 aromatic carbocycles. The van der Waals surface area contributed by atoms with Gasteiger partial charge in [0.1, 0.15) is 35.9 Å². The van der Waals surface area contributed by atoms with E-state index in [1.165, 1.54) is 12.8 Å². The summed E-state index contributed by atoms with van der Waals surface area (Å²) in [7, 11) is 0. The molecule has 4 aromatic heterocycles. The Morgan fingerprint density at radius 3 is 2.79 bits per heavy atom. The molecule has 34 heavy (non-hydrogen) atoms. The van der Waals surface area contributed by atoms with Crippen LogP contribution >= 0.6 is 0 Å². The molecule has 1 saturated heterocycles. The van der Waals surface area contributed by atoms with E-state index in [2.05, 4.69) is 36.3 Å². The topological polar surface area (TPSA) is 105 Å². The summed E-state index contributed by atoms with van der Waals surface area (Å²) in [5, 5.41) is 22.3. The zero-order chi connectivity index (χ0) is 22.9. The maximum Gasteiger partial charge on any atom is 0.163 e. The predicted octanol–water partition coefficient (Wildman–Crippen LogP) is 3.59. The largest absolute Gasteiger partial charge is 0.395 e. The molecule has 9 heteroatoms. The van der Waals surface area contributed by atoms with E-state index in [-0.39, 0.29) is 5.92 Å². The number of anilines is 1. The maximum atomic E-state index is 9.40. The van der Waals surface area contributed by atoms with Crippen molar-refractivity contribution in [2.24, 2.45) is 17.0 Å². The van der Waals surface area contributed by atoms with Crippen molar-refractivity contribution >= 4 is 28.1 Å². The first-order chi connectivity index (χ1) is 16.8. The number of rotatable bonds is 6. The molecule has 0 bridgehead atoms. The lowest BCUT2D eigenvalue weighted by molar-refractivity contribution is 0.132. The second-order valence-corrected chi connectivity index (χ2v) is 8.96. The average molecular weight is 453 g/mol. The van der Waals surface area contributed by atoms with Crippen molar-refractivity contribution in [3.8, 4) is 6.07 Å². The Labute approximate surface area is 196 Å². The number of nitrogens with zero attached hydrogens (tertiary/aromatic N) is 8. The molecule has 2 fully saturated rings. The van der Waals surface area contributed by atoms with Gasteiger partial charge in [0.2, 0.25) is 0 Å². The predicted molar refractivity (Wildman–Crippen MR) is 127 cm³/mol. The lowest BCUT2D eigenvalue weighted by atomic mass is 9.89. The van der Waals surface area contributed by atoms with E-state index < -0.39 is 0 Å². The van der Waals surface area contributed by atoms with Crippen LogP contribution in [0.15, 0.2) is 54.1 Å². The summed E-state index contributed by atoms with van der Waals surface area (Å²) in [4.78, 5) is 17.2. The fourth-order valence-corrected chi connectivity index (χ4v) is 4.59. The van der Waals surface area contributed by atoms with Gasteiger partial charge in [-0.1, -0.05) is 11.2 Å². The van der Waals surface area contributed by atoms with Crippen LogP contribution in [0.3, 0.4) is 0 Å². The van der Waals surface area contributed by atoms with Crippen LogP contribution in [0.2, 0.25) is 0 Å². The molecule has 0 radical (unpaired) electrons. The number of piperidine rings is 1. The van der Waals surface area contributed by atoms with E-state index in [9.17, 15) is 5.26 Å². The van der Waals surface area contributed by atoms with Crippen LogP contribution in [-0.4, -0.2) is 50.0 Å². The van der Waals surface area contributed by atoms with Crippen molar-refractivity contribution in [3.05, 3.63) is 60.3 Å². The van der Waals surface area contributed by atoms with Gasteiger partial charge >= 0.3 is 0 Å². The molecule has 2 aliphatic rings. The van der Waals surface area contributed by atoms with E-state index in [4.69, 9.17) is 4.84 Å². The summed E-state index contributed by atoms with van der Waals surface area (Å²) >= 11 is 0. The van der Waals surface area contributed by atoms with Crippen LogP contribution in [0.1, 0.15) is 37.1 Å². The number of nitriles is 1. The lowest BCUT2D eigenvalue weighted by Gasteiger charge is -2.34. The lowest BCUT2D eigenvalue weighted by Crippen LogP contribution is -2.37. The minimum atomic E-state index is 0.260. The molecule has 4 aromatic rings. The smallest absolute Gasteiger partial charge is 0.163 e. The second-order valence-electron chi connectivity index (χ2n) is 8.96. The van der Waals surface area contributed by atoms with Crippen molar-refractivity contribution in [2.75, 3.05) is 24.6 Å². The van der Waals surface area contributed by atoms with Crippen molar-refractivity contribution in [2.45, 2.75) is 25.7 Å². The Morgan fingerprint density at radius 1 is 1.15 bits per heavy atom. The number of oxime groups is 1. The van der Waals surface area contributed by atoms with Gasteiger partial charge in [-0.25, -0.2) is 4.98 Å². The molecule has 1 aliphatic carbocycles. The summed E-state index contributed by atoms with van der Waals surface area (Å²) in [6.07, 6.45) is 7.79. The zero-order valence-electron chi connectivity index (χ0n) is 18.7. The standard InChI is InChI=1S/C25H24N8O/c26-14-19-6-7-21-25(29-19)22(13-23-30-28-16-33(21)23)32-11-8-18(9-12-32)24(20-3-1-2-10-27-20)31-34-15-17-4-5-17/h1-3,6-7,10,13,16-18H,4-5,8-9,11-12,15H2/b31-24+. The summed E-state index contributed by atoms with van der Waals surface area (Å²) in [6.45, 7) is 2.35. The zero-order valence-corrected chi connectivity index (χ0v) is 18.7. The first-order valence-electron chi connectivity index (χ1n) is 11.7. The molecule has 0 spiro atoms. The quantitative estimate of drug-likeness (QED) is 0.325. The van der Waals surface area contributed by atoms with Gasteiger partial charge in [-0.2, -0.15) is 5.26 Å². The molecular formula is C25H24N8O. The van der Waals surface area contributed by atoms with Crippen LogP contribution in [0.4, 0.5) is 5.69 Å². The minimum absolute atomic E-state index is 0.260. The normalized spacial score (nSPS) is 17.3. The molecule has 1 saturated carbocycles. The third kappa shape index (κ3) is 3.92. The number of fused-ring (bicyclic) bond motifs is 3. The molecule has 0 atom stereocenters. The SMILES string of the molecule is N#Cc1ccc2c(n1)c(N1CCC(/C(=N\OCC3CC3)c3ccccn3)CC1)cc1nncn12. The average Bonchev–Trinajstić information content (AvgIpc) is 3.60. The van der Waals surface area contributed by atoms with E-state index >= 15 is 0 Å². The highest BCUT2D eigenvalue weighted by atomic mass is 16.6. The molecule has 0 N–H and O–H groups in total. The highest BCUT2D eigenvalue weighted by Gasteiger charge is 2.28. The fourth-order valence-electron chi connectivity index (χ4n) is 4.59. The van der Waals surface area contributed by atoms with Gasteiger partial charge in [0.15, 0.2) is 5.65 Å². The molecule has 0 amide bonds. The van der Waals surface area contributed by atoms with Gasteiger partial charge in [-0.3, -0.25) is 9.38 Å². The van der Waals surface area contributed by atoms with Gasteiger partial charge in [0, 0.05) is 31.3 Å². The molecular weight excluding hydrogens is 428 g/mol. The molecule has 9 nitrogen and oxygen atoms in total. The van der Waals surface area contributed by atoms with Crippen LogP contribution < -0.4 is 4.90 Å². The Kier molecular flexibility index (Phi) is 5.26. The van der Waals surface area contributed by atoms with Gasteiger partial charge in [-0.15, -0.1) is 10.2 Å². The Balaban J connectivity index is 1.28. The van der Waals surface area contributed by atoms with Crippen LogP contribution in [-0.2, 0) is 4.84 Å². The van der Waals surface area contributed by atoms with Gasteiger partial charge in [-0.05, 0) is 55.9 Å². The molecule has 1 aliphatic heterocycles. The van der Waals surface area contributed by atoms with E-state index in [1.807, 2.05) is 34.7 Å². The molecule has 0 unspecified atom stereocenters. The van der Waals surface area contributed by atoms with Crippen LogP contribution in [0.5, 0.6) is 0 Å². The monoisotopic (exact) mass is 452 g/mol. The van der Waals surface area contributed by atoms with E-state index in [0.717, 1.165) is 59.7 Å². The van der Waals surface area contributed by atoms with E-state index in [1.54, 1.807) is 18.6 Å². The highest BCUT2D eigenvalue weighted by molar-refractivity contribution is 6.00. The maximum absolute atomic E-state index is 9.40. The van der Waals surface area contributed by atoms with Gasteiger partial charge in [0.25, 0.3) is 0 Å². The minimum Gasteiger partial charge on any atom is -0.395 e. The number of hydrogen-bond donors (Lipinski definition) is 0. The number of hydrogen-bond acceptors (Lipinski definition) is 8. The first-order valence-corrected chi connectivity index (χ1v) is 11.7. The molecule has 6 rings (SSSR count). The van der Waals surface area contributed by atoms with Crippen LogP contribution in [0, 0.1) is 23.2 Å². The first kappa shape index (κ1) is 20.5. The second kappa shape index (κ2) is 8.71. The van der Waals surface area contributed by atoms with Crippen molar-refractivity contribution in [1.82, 2.24) is 24.6 Å². The third-order valence-corrected chi connectivity index (χ3v) is 6.65. The van der Waals surface area contributed by atoms with Gasteiger partial charge in [0.05, 0.1) is 16.9 Å². The summed E-state index contributed by atoms with van der Waals surface area (Å²) < 4.78 is 1.91. The third-order valence-electron chi connectivity index (χ3n) is 6.65. The summed E-state index contributed by atoms with van der Waals surface area (Å²) in [5.41, 5.74) is 5.64. The highest BCUT2D eigenvalue weighted by Crippen LogP contribution is 2.32. The Morgan fingerprint density at radius 2 is 2.03 bits per heavy atom. The summed E-state index contributed by atoms with van der Waals surface area (Å²) in [6, 6.07) is 13.7. The number of aromatic nitrogens is 5. The molecule has 5 heterocycles.